The van der Waals surface area contributed by atoms with E-state index in [-0.39, 0.29) is 22.9 Å². The number of nitrogens with zero attached hydrogens (tertiary/aromatic N) is 3. The van der Waals surface area contributed by atoms with E-state index in [0.717, 1.165) is 5.56 Å². The number of rotatable bonds is 2. The zero-order chi connectivity index (χ0) is 17.7. The quantitative estimate of drug-likeness (QED) is 0.406. The van der Waals surface area contributed by atoms with Crippen molar-refractivity contribution in [3.63, 3.8) is 0 Å². The van der Waals surface area contributed by atoms with Crippen molar-refractivity contribution in [3.05, 3.63) is 71.6 Å². The molecule has 3 heterocycles. The van der Waals surface area contributed by atoms with Gasteiger partial charge in [-0.25, -0.2) is 9.97 Å². The molecule has 3 aromatic heterocycles. The van der Waals surface area contributed by atoms with Crippen molar-refractivity contribution in [1.29, 1.82) is 0 Å². The number of carbonyl (C=O) groups excluding carboxylic acids is 2. The van der Waals surface area contributed by atoms with Crippen molar-refractivity contribution in [2.24, 2.45) is 0 Å². The summed E-state index contributed by atoms with van der Waals surface area (Å²) in [5, 5.41) is 0. The van der Waals surface area contributed by atoms with Gasteiger partial charge in [0.05, 0.1) is 5.57 Å². The minimum atomic E-state index is -0.488. The minimum absolute atomic E-state index is 0.0466. The number of allylic oxidation sites excluding steroid dienone is 1. The van der Waals surface area contributed by atoms with Crippen molar-refractivity contribution >= 4 is 28.9 Å². The molecule has 0 bridgehead atoms. The lowest BCUT2D eigenvalue weighted by atomic mass is 10.1. The highest BCUT2D eigenvalue weighted by molar-refractivity contribution is 6.39. The molecular formula is C19H9N3O4. The Morgan fingerprint density at radius 3 is 2.23 bits per heavy atom. The van der Waals surface area contributed by atoms with Gasteiger partial charge in [-0.1, -0.05) is 30.3 Å². The first kappa shape index (κ1) is 14.5. The molecule has 1 aromatic carbocycles. The summed E-state index contributed by atoms with van der Waals surface area (Å²) in [6.07, 6.45) is 4.04. The smallest absolute Gasteiger partial charge is 0.266 e. The first-order valence-electron chi connectivity index (χ1n) is 7.78. The Balaban J connectivity index is 1.53. The van der Waals surface area contributed by atoms with E-state index >= 15 is 0 Å². The minimum Gasteiger partial charge on any atom is -0.435 e. The predicted octanol–water partition coefficient (Wildman–Crippen LogP) is 3.34. The van der Waals surface area contributed by atoms with Crippen molar-refractivity contribution in [2.45, 2.75) is 0 Å². The Hall–Kier alpha value is -3.87. The largest absolute Gasteiger partial charge is 0.435 e. The third kappa shape index (κ3) is 2.11. The molecule has 0 amide bonds. The SMILES string of the molecule is O=C1C(=Cc2nc3oc(-c4ccccc4)cc3o2)C(=O)c2nccnc21. The van der Waals surface area contributed by atoms with Crippen LogP contribution in [0.1, 0.15) is 26.9 Å². The molecule has 5 rings (SSSR count). The van der Waals surface area contributed by atoms with E-state index in [9.17, 15) is 9.59 Å². The number of furan rings is 1. The second-order valence-corrected chi connectivity index (χ2v) is 5.67. The number of carbonyl (C=O) groups is 2. The van der Waals surface area contributed by atoms with Crippen LogP contribution in [0.25, 0.3) is 28.7 Å². The summed E-state index contributed by atoms with van der Waals surface area (Å²) in [5.41, 5.74) is 1.65. The average molecular weight is 343 g/mol. The zero-order valence-electron chi connectivity index (χ0n) is 13.2. The Morgan fingerprint density at radius 1 is 0.885 bits per heavy atom. The highest BCUT2D eigenvalue weighted by atomic mass is 16.4. The monoisotopic (exact) mass is 343 g/mol. The van der Waals surface area contributed by atoms with Crippen LogP contribution in [0.15, 0.2) is 63.2 Å². The topological polar surface area (TPSA) is 99.1 Å². The molecule has 1 aliphatic rings. The van der Waals surface area contributed by atoms with Gasteiger partial charge >= 0.3 is 0 Å². The number of hydrogen-bond donors (Lipinski definition) is 0. The summed E-state index contributed by atoms with van der Waals surface area (Å²) in [5.74, 6) is -0.237. The van der Waals surface area contributed by atoms with Gasteiger partial charge in [-0.15, -0.1) is 0 Å². The van der Waals surface area contributed by atoms with Crippen LogP contribution in [0, 0.1) is 0 Å². The Bertz CT molecular complexity index is 1150. The number of Topliss-reactive ketones (excluding diaryl/α,β-unsaturated/α-hetero) is 2. The van der Waals surface area contributed by atoms with Crippen LogP contribution in [0.3, 0.4) is 0 Å². The lowest BCUT2D eigenvalue weighted by Gasteiger charge is -1.93. The molecule has 0 unspecified atom stereocenters. The average Bonchev–Trinajstić information content (AvgIpc) is 3.30. The molecule has 0 atom stereocenters. The van der Waals surface area contributed by atoms with E-state index in [1.54, 1.807) is 6.07 Å². The Kier molecular flexibility index (Phi) is 2.96. The van der Waals surface area contributed by atoms with Gasteiger partial charge in [-0.2, -0.15) is 4.98 Å². The fourth-order valence-electron chi connectivity index (χ4n) is 2.84. The molecule has 4 aromatic rings. The number of oxazole rings is 1. The van der Waals surface area contributed by atoms with Gasteiger partial charge in [0, 0.05) is 30.1 Å². The van der Waals surface area contributed by atoms with Gasteiger partial charge < -0.3 is 8.83 Å². The van der Waals surface area contributed by atoms with Gasteiger partial charge in [0.1, 0.15) is 17.1 Å². The van der Waals surface area contributed by atoms with E-state index in [1.165, 1.54) is 18.5 Å². The van der Waals surface area contributed by atoms with E-state index < -0.39 is 11.6 Å². The molecular weight excluding hydrogens is 334 g/mol. The fourth-order valence-corrected chi connectivity index (χ4v) is 2.84. The molecule has 0 aliphatic heterocycles. The van der Waals surface area contributed by atoms with Crippen LogP contribution >= 0.6 is 0 Å². The molecule has 0 radical (unpaired) electrons. The summed E-state index contributed by atoms with van der Waals surface area (Å²) in [7, 11) is 0. The summed E-state index contributed by atoms with van der Waals surface area (Å²) >= 11 is 0. The van der Waals surface area contributed by atoms with Crippen LogP contribution in [0.5, 0.6) is 0 Å². The summed E-state index contributed by atoms with van der Waals surface area (Å²) in [6.45, 7) is 0. The zero-order valence-corrected chi connectivity index (χ0v) is 13.2. The lowest BCUT2D eigenvalue weighted by Crippen LogP contribution is -2.01. The molecule has 1 aliphatic carbocycles. The Labute approximate surface area is 146 Å². The Morgan fingerprint density at radius 2 is 1.58 bits per heavy atom. The van der Waals surface area contributed by atoms with Crippen LogP contribution in [0.2, 0.25) is 0 Å². The number of fused-ring (bicyclic) bond motifs is 2. The maximum atomic E-state index is 12.3. The maximum Gasteiger partial charge on any atom is 0.266 e. The van der Waals surface area contributed by atoms with Crippen molar-refractivity contribution < 1.29 is 18.4 Å². The maximum absolute atomic E-state index is 12.3. The molecule has 124 valence electrons. The van der Waals surface area contributed by atoms with Gasteiger partial charge in [0.15, 0.2) is 5.58 Å². The van der Waals surface area contributed by atoms with Crippen LogP contribution < -0.4 is 0 Å². The van der Waals surface area contributed by atoms with Gasteiger partial charge in [-0.3, -0.25) is 9.59 Å². The molecule has 0 saturated carbocycles. The molecule has 0 spiro atoms. The van der Waals surface area contributed by atoms with E-state index in [0.29, 0.717) is 17.1 Å². The highest BCUT2D eigenvalue weighted by Crippen LogP contribution is 2.30. The summed E-state index contributed by atoms with van der Waals surface area (Å²) < 4.78 is 11.3. The van der Waals surface area contributed by atoms with E-state index in [2.05, 4.69) is 15.0 Å². The molecule has 26 heavy (non-hydrogen) atoms. The predicted molar refractivity (Wildman–Crippen MR) is 90.4 cm³/mol. The van der Waals surface area contributed by atoms with E-state index in [1.807, 2.05) is 30.3 Å². The third-order valence-corrected chi connectivity index (χ3v) is 4.05. The number of hydrogen-bond acceptors (Lipinski definition) is 7. The van der Waals surface area contributed by atoms with Crippen LogP contribution in [-0.4, -0.2) is 26.5 Å². The highest BCUT2D eigenvalue weighted by Gasteiger charge is 2.36. The number of benzene rings is 1. The third-order valence-electron chi connectivity index (χ3n) is 4.05. The summed E-state index contributed by atoms with van der Waals surface area (Å²) in [4.78, 5) is 36.7. The molecule has 0 fully saturated rings. The first-order chi connectivity index (χ1) is 12.7. The summed E-state index contributed by atoms with van der Waals surface area (Å²) in [6, 6.07) is 11.3. The van der Waals surface area contributed by atoms with E-state index in [4.69, 9.17) is 8.83 Å². The molecule has 0 saturated heterocycles. The van der Waals surface area contributed by atoms with Crippen LogP contribution in [-0.2, 0) is 0 Å². The van der Waals surface area contributed by atoms with Gasteiger partial charge in [0.2, 0.25) is 17.5 Å². The fraction of sp³-hybridized carbons (Fsp3) is 0. The van der Waals surface area contributed by atoms with Crippen molar-refractivity contribution in [1.82, 2.24) is 15.0 Å². The number of aromatic nitrogens is 3. The van der Waals surface area contributed by atoms with Gasteiger partial charge in [0.25, 0.3) is 5.71 Å². The van der Waals surface area contributed by atoms with Gasteiger partial charge in [-0.05, 0) is 0 Å². The lowest BCUT2D eigenvalue weighted by molar-refractivity contribution is 0.0987. The molecule has 7 nitrogen and oxygen atoms in total. The molecule has 7 heteroatoms. The second-order valence-electron chi connectivity index (χ2n) is 5.67. The second kappa shape index (κ2) is 5.32. The van der Waals surface area contributed by atoms with Crippen molar-refractivity contribution in [3.8, 4) is 11.3 Å². The van der Waals surface area contributed by atoms with Crippen LogP contribution in [0.4, 0.5) is 0 Å². The van der Waals surface area contributed by atoms with Crippen molar-refractivity contribution in [2.75, 3.05) is 0 Å². The first-order valence-corrected chi connectivity index (χ1v) is 7.78. The standard InChI is InChI=1S/C19H9N3O4/c23-17-11(18(24)16-15(17)20-6-7-21-16)8-14-22-19-13(25-14)9-12(26-19)10-4-2-1-3-5-10/h1-9H. The molecule has 0 N–H and O–H groups in total. The number of ketones is 2. The normalized spacial score (nSPS) is 13.5.